The largest absolute Gasteiger partial charge is 0.351 e. The molecule has 1 aliphatic carbocycles. The molecule has 184 valence electrons. The number of thiazole rings is 1. The number of carbonyl (C=O) groups is 3. The van der Waals surface area contributed by atoms with E-state index in [0.29, 0.717) is 24.3 Å². The third-order valence-electron chi connectivity index (χ3n) is 5.76. The van der Waals surface area contributed by atoms with Crippen LogP contribution >= 0.6 is 22.1 Å². The Bertz CT molecular complexity index is 1010. The smallest absolute Gasteiger partial charge is 0.320 e. The molecule has 14 heteroatoms. The number of hydrogen-bond donors (Lipinski definition) is 3. The molecule has 1 fully saturated rings. The summed E-state index contributed by atoms with van der Waals surface area (Å²) in [5.41, 5.74) is 0.930. The van der Waals surface area contributed by atoms with Gasteiger partial charge in [-0.05, 0) is 26.3 Å². The normalized spacial score (nSPS) is 23.5. The third kappa shape index (κ3) is 7.12. The van der Waals surface area contributed by atoms with Gasteiger partial charge in [-0.15, -0.1) is 11.3 Å². The van der Waals surface area contributed by atoms with Gasteiger partial charge in [-0.3, -0.25) is 18.9 Å². The molecule has 2 heterocycles. The quantitative estimate of drug-likeness (QED) is 0.338. The molecule has 1 aliphatic heterocycles. The summed E-state index contributed by atoms with van der Waals surface area (Å²) in [7, 11) is 1.15. The van der Waals surface area contributed by atoms with E-state index in [9.17, 15) is 22.8 Å². The molecule has 0 spiro atoms. The van der Waals surface area contributed by atoms with Crippen molar-refractivity contribution in [3.05, 3.63) is 15.6 Å². The van der Waals surface area contributed by atoms with Gasteiger partial charge >= 0.3 is 9.15 Å². The molecule has 0 unspecified atom stereocenters. The first-order valence-corrected chi connectivity index (χ1v) is 14.3. The highest BCUT2D eigenvalue weighted by atomic mass is 33.1. The standard InChI is InChI=1S/C19H29N5O6S3/c1-23(2)19(27)11-4-5-12(20-16(25)10-31-33(28,29)30)14(8-11)21-17(26)18-22-13-6-7-24(3)9-15(13)32-18/h11-12,14H,4-10H2,1-3H3,(H,20,25)(H,21,26)(H,28,29,30)/t11-,12-,14+/m0/s1. The van der Waals surface area contributed by atoms with Gasteiger partial charge in [-0.2, -0.15) is 8.42 Å². The van der Waals surface area contributed by atoms with Gasteiger partial charge in [0.25, 0.3) is 5.91 Å². The summed E-state index contributed by atoms with van der Waals surface area (Å²) in [4.78, 5) is 47.0. The zero-order chi connectivity index (χ0) is 24.3. The van der Waals surface area contributed by atoms with Crippen molar-refractivity contribution >= 4 is 49.0 Å². The summed E-state index contributed by atoms with van der Waals surface area (Å²) in [6.45, 7) is 1.62. The molecule has 3 N–H and O–H groups in total. The van der Waals surface area contributed by atoms with Crippen LogP contribution in [-0.4, -0.2) is 91.0 Å². The van der Waals surface area contributed by atoms with Gasteiger partial charge in [0, 0.05) is 61.2 Å². The lowest BCUT2D eigenvalue weighted by Crippen LogP contribution is -2.56. The maximum Gasteiger partial charge on any atom is 0.320 e. The molecular weight excluding hydrogens is 490 g/mol. The number of hydrogen-bond acceptors (Lipinski definition) is 9. The molecule has 1 aromatic heterocycles. The summed E-state index contributed by atoms with van der Waals surface area (Å²) in [6.07, 6.45) is 2.09. The lowest BCUT2D eigenvalue weighted by Gasteiger charge is -2.37. The Morgan fingerprint density at radius 3 is 2.64 bits per heavy atom. The monoisotopic (exact) mass is 519 g/mol. The second kappa shape index (κ2) is 10.7. The Morgan fingerprint density at radius 2 is 1.97 bits per heavy atom. The predicted octanol–water partition coefficient (Wildman–Crippen LogP) is 0.139. The summed E-state index contributed by atoms with van der Waals surface area (Å²) in [5, 5.41) is 6.04. The second-order valence-electron chi connectivity index (χ2n) is 8.56. The lowest BCUT2D eigenvalue weighted by molar-refractivity contribution is -0.134. The minimum atomic E-state index is -4.34. The van der Waals surface area contributed by atoms with E-state index in [4.69, 9.17) is 4.55 Å². The van der Waals surface area contributed by atoms with E-state index in [1.807, 2.05) is 7.05 Å². The molecule has 11 nitrogen and oxygen atoms in total. The molecule has 0 saturated heterocycles. The van der Waals surface area contributed by atoms with E-state index < -0.39 is 32.9 Å². The number of amides is 3. The number of rotatable bonds is 7. The molecule has 0 aromatic carbocycles. The predicted molar refractivity (Wildman–Crippen MR) is 125 cm³/mol. The molecule has 2 aliphatic rings. The van der Waals surface area contributed by atoms with Crippen LogP contribution in [0.4, 0.5) is 0 Å². The van der Waals surface area contributed by atoms with Crippen molar-refractivity contribution in [2.75, 3.05) is 33.4 Å². The number of likely N-dealkylation sites (N-methyl/N-ethyl adjacent to an activating group) is 1. The molecule has 3 amide bonds. The van der Waals surface area contributed by atoms with Gasteiger partial charge < -0.3 is 20.4 Å². The summed E-state index contributed by atoms with van der Waals surface area (Å²) in [5.74, 6) is -1.75. The van der Waals surface area contributed by atoms with Gasteiger partial charge in [-0.25, -0.2) is 4.98 Å². The number of nitrogens with zero attached hydrogens (tertiary/aromatic N) is 3. The topological polar surface area (TPSA) is 149 Å². The number of aromatic nitrogens is 1. The van der Waals surface area contributed by atoms with Crippen LogP contribution in [0.1, 0.15) is 39.6 Å². The first kappa shape index (κ1) is 25.9. The zero-order valence-electron chi connectivity index (χ0n) is 18.7. The number of carbonyl (C=O) groups excluding carboxylic acids is 3. The Kier molecular flexibility index (Phi) is 8.37. The highest BCUT2D eigenvalue weighted by molar-refractivity contribution is 8.70. The van der Waals surface area contributed by atoms with Crippen molar-refractivity contribution in [3.8, 4) is 0 Å². The fourth-order valence-corrected chi connectivity index (χ4v) is 6.32. The van der Waals surface area contributed by atoms with E-state index in [1.165, 1.54) is 16.2 Å². The maximum absolute atomic E-state index is 13.0. The average molecular weight is 520 g/mol. The summed E-state index contributed by atoms with van der Waals surface area (Å²) < 4.78 is 30.7. The minimum absolute atomic E-state index is 0.0475. The minimum Gasteiger partial charge on any atom is -0.351 e. The first-order chi connectivity index (χ1) is 15.4. The highest BCUT2D eigenvalue weighted by Crippen LogP contribution is 2.28. The zero-order valence-corrected chi connectivity index (χ0v) is 21.2. The SMILES string of the molecule is CN1CCc2nc(C(=O)N[C@@H]3C[C@@H](C(=O)N(C)C)CC[C@@H]3NC(=O)CSS(=O)(=O)O)sc2C1. The molecule has 33 heavy (non-hydrogen) atoms. The molecule has 3 rings (SSSR count). The van der Waals surface area contributed by atoms with Crippen LogP contribution in [0, 0.1) is 5.92 Å². The van der Waals surface area contributed by atoms with Crippen molar-refractivity contribution in [2.24, 2.45) is 5.92 Å². The van der Waals surface area contributed by atoms with Gasteiger partial charge in [0.05, 0.1) is 17.5 Å². The fraction of sp³-hybridized carbons (Fsp3) is 0.684. The average Bonchev–Trinajstić information content (AvgIpc) is 3.15. The fourth-order valence-electron chi connectivity index (χ4n) is 4.12. The van der Waals surface area contributed by atoms with Crippen molar-refractivity contribution in [1.29, 1.82) is 0 Å². The van der Waals surface area contributed by atoms with Crippen LogP contribution < -0.4 is 10.6 Å². The van der Waals surface area contributed by atoms with Crippen molar-refractivity contribution in [2.45, 2.75) is 44.3 Å². The molecule has 1 saturated carbocycles. The van der Waals surface area contributed by atoms with Crippen LogP contribution in [0.2, 0.25) is 0 Å². The molecule has 0 bridgehead atoms. The van der Waals surface area contributed by atoms with Gasteiger partial charge in [-0.1, -0.05) is 0 Å². The Morgan fingerprint density at radius 1 is 1.24 bits per heavy atom. The van der Waals surface area contributed by atoms with E-state index in [2.05, 4.69) is 20.5 Å². The van der Waals surface area contributed by atoms with Crippen LogP contribution in [-0.2, 0) is 31.7 Å². The van der Waals surface area contributed by atoms with E-state index in [-0.39, 0.29) is 28.5 Å². The van der Waals surface area contributed by atoms with E-state index in [0.717, 1.165) is 30.1 Å². The van der Waals surface area contributed by atoms with Gasteiger partial charge in [0.2, 0.25) is 11.8 Å². The maximum atomic E-state index is 13.0. The Balaban J connectivity index is 1.71. The summed E-state index contributed by atoms with van der Waals surface area (Å²) in [6, 6.07) is -1.00. The summed E-state index contributed by atoms with van der Waals surface area (Å²) >= 11 is 1.35. The van der Waals surface area contributed by atoms with Crippen LogP contribution in [0.25, 0.3) is 0 Å². The van der Waals surface area contributed by atoms with Crippen molar-refractivity contribution < 1.29 is 27.4 Å². The number of fused-ring (bicyclic) bond motifs is 1. The second-order valence-corrected chi connectivity index (χ2v) is 13.0. The third-order valence-corrected chi connectivity index (χ3v) is 8.76. The molecule has 0 radical (unpaired) electrons. The highest BCUT2D eigenvalue weighted by Gasteiger charge is 2.37. The Hall–Kier alpha value is -1.74. The van der Waals surface area contributed by atoms with Crippen LogP contribution in [0.3, 0.4) is 0 Å². The van der Waals surface area contributed by atoms with Crippen molar-refractivity contribution in [3.63, 3.8) is 0 Å². The molecular formula is C19H29N5O6S3. The van der Waals surface area contributed by atoms with Crippen LogP contribution in [0.5, 0.6) is 0 Å². The first-order valence-electron chi connectivity index (χ1n) is 10.5. The Labute approximate surface area is 200 Å². The lowest BCUT2D eigenvalue weighted by atomic mass is 9.81. The molecule has 3 atom stereocenters. The molecule has 1 aromatic rings. The van der Waals surface area contributed by atoms with Gasteiger partial charge in [0.15, 0.2) is 5.01 Å². The van der Waals surface area contributed by atoms with Crippen molar-refractivity contribution in [1.82, 2.24) is 25.4 Å². The van der Waals surface area contributed by atoms with Gasteiger partial charge in [0.1, 0.15) is 0 Å². The van der Waals surface area contributed by atoms with E-state index >= 15 is 0 Å². The van der Waals surface area contributed by atoms with Crippen LogP contribution in [0.15, 0.2) is 0 Å². The van der Waals surface area contributed by atoms with E-state index in [1.54, 1.807) is 14.1 Å². The number of nitrogens with one attached hydrogen (secondary N) is 2.